The number of nitrogens with one attached hydrogen (secondary N) is 1. The van der Waals surface area contributed by atoms with Crippen molar-refractivity contribution in [2.24, 2.45) is 0 Å². The molecule has 1 aromatic carbocycles. The molecule has 1 heterocycles. The van der Waals surface area contributed by atoms with Gasteiger partial charge in [0.1, 0.15) is 5.75 Å². The zero-order chi connectivity index (χ0) is 14.4. The number of amides is 1. The highest BCUT2D eigenvalue weighted by Crippen LogP contribution is 2.14. The largest absolute Gasteiger partial charge is 0.497 e. The van der Waals surface area contributed by atoms with Gasteiger partial charge in [0, 0.05) is 25.2 Å². The summed E-state index contributed by atoms with van der Waals surface area (Å²) < 4.78 is 5.10. The van der Waals surface area contributed by atoms with Crippen LogP contribution in [0.25, 0.3) is 0 Å². The number of hydrogen-bond donors (Lipinski definition) is 1. The van der Waals surface area contributed by atoms with Crippen LogP contribution >= 0.6 is 0 Å². The number of benzene rings is 1. The molecule has 1 aliphatic rings. The van der Waals surface area contributed by atoms with Crippen LogP contribution in [0, 0.1) is 0 Å². The summed E-state index contributed by atoms with van der Waals surface area (Å²) >= 11 is 0. The van der Waals surface area contributed by atoms with E-state index in [9.17, 15) is 4.79 Å². The van der Waals surface area contributed by atoms with Crippen LogP contribution in [-0.4, -0.2) is 44.1 Å². The molecule has 1 atom stereocenters. The highest BCUT2D eigenvalue weighted by atomic mass is 16.5. The number of hydrogen-bond acceptors (Lipinski definition) is 3. The maximum absolute atomic E-state index is 12.3. The zero-order valence-electron chi connectivity index (χ0n) is 12.4. The van der Waals surface area contributed by atoms with E-state index in [0.717, 1.165) is 25.3 Å². The summed E-state index contributed by atoms with van der Waals surface area (Å²) in [5.41, 5.74) is 0.713. The highest BCUT2D eigenvalue weighted by Gasteiger charge is 2.16. The van der Waals surface area contributed by atoms with Crippen LogP contribution in [0.2, 0.25) is 0 Å². The first kappa shape index (κ1) is 14.9. The number of rotatable bonds is 5. The molecule has 0 bridgehead atoms. The Hall–Kier alpha value is -1.55. The number of methoxy groups -OCH3 is 1. The van der Waals surface area contributed by atoms with Crippen molar-refractivity contribution in [3.63, 3.8) is 0 Å². The summed E-state index contributed by atoms with van der Waals surface area (Å²) in [6.45, 7) is 1.91. The molecule has 0 spiro atoms. The number of carbonyl (C=O) groups excluding carboxylic acids is 1. The van der Waals surface area contributed by atoms with Gasteiger partial charge in [0.25, 0.3) is 5.91 Å². The van der Waals surface area contributed by atoms with Gasteiger partial charge in [-0.2, -0.15) is 0 Å². The monoisotopic (exact) mass is 276 g/mol. The van der Waals surface area contributed by atoms with Gasteiger partial charge in [-0.15, -0.1) is 0 Å². The maximum atomic E-state index is 12.3. The van der Waals surface area contributed by atoms with Crippen molar-refractivity contribution in [1.82, 2.24) is 10.2 Å². The molecule has 2 rings (SSSR count). The molecule has 0 saturated carbocycles. The third-order valence-electron chi connectivity index (χ3n) is 3.91. The molecule has 4 nitrogen and oxygen atoms in total. The van der Waals surface area contributed by atoms with Gasteiger partial charge in [0.15, 0.2) is 0 Å². The second kappa shape index (κ2) is 7.29. The zero-order valence-corrected chi connectivity index (χ0v) is 12.4. The molecule has 1 N–H and O–H groups in total. The van der Waals surface area contributed by atoms with Gasteiger partial charge in [0.2, 0.25) is 0 Å². The van der Waals surface area contributed by atoms with E-state index in [0.29, 0.717) is 11.6 Å². The van der Waals surface area contributed by atoms with Crippen LogP contribution in [0.5, 0.6) is 5.75 Å². The van der Waals surface area contributed by atoms with Crippen molar-refractivity contribution in [3.05, 3.63) is 29.8 Å². The van der Waals surface area contributed by atoms with E-state index in [-0.39, 0.29) is 5.91 Å². The fourth-order valence-electron chi connectivity index (χ4n) is 2.58. The van der Waals surface area contributed by atoms with Crippen molar-refractivity contribution >= 4 is 5.91 Å². The van der Waals surface area contributed by atoms with E-state index in [1.807, 2.05) is 31.3 Å². The molecule has 0 aliphatic carbocycles. The van der Waals surface area contributed by atoms with Crippen molar-refractivity contribution in [2.75, 3.05) is 27.2 Å². The number of piperidine rings is 1. The van der Waals surface area contributed by atoms with Crippen LogP contribution in [0.4, 0.5) is 0 Å². The Bertz CT molecular complexity index is 425. The number of ether oxygens (including phenoxy) is 1. The Morgan fingerprint density at radius 2 is 2.10 bits per heavy atom. The van der Waals surface area contributed by atoms with E-state index in [4.69, 9.17) is 4.74 Å². The molecule has 4 heteroatoms. The molecule has 20 heavy (non-hydrogen) atoms. The minimum Gasteiger partial charge on any atom is -0.497 e. The standard InChI is InChI=1S/C16H24N2O2/c1-18(12-10-14-5-3-4-11-17-14)16(19)13-6-8-15(20-2)9-7-13/h6-9,14,17H,3-5,10-12H2,1-2H3. The van der Waals surface area contributed by atoms with Gasteiger partial charge in [-0.25, -0.2) is 0 Å². The van der Waals surface area contributed by atoms with E-state index >= 15 is 0 Å². The third-order valence-corrected chi connectivity index (χ3v) is 3.91. The van der Waals surface area contributed by atoms with E-state index in [1.54, 1.807) is 12.0 Å². The van der Waals surface area contributed by atoms with Gasteiger partial charge in [-0.3, -0.25) is 4.79 Å². The van der Waals surface area contributed by atoms with Crippen LogP contribution in [0.15, 0.2) is 24.3 Å². The molecule has 1 aromatic rings. The molecule has 1 unspecified atom stereocenters. The molecule has 0 aromatic heterocycles. The van der Waals surface area contributed by atoms with Crippen LogP contribution in [-0.2, 0) is 0 Å². The fourth-order valence-corrected chi connectivity index (χ4v) is 2.58. The average molecular weight is 276 g/mol. The van der Waals surface area contributed by atoms with Gasteiger partial charge >= 0.3 is 0 Å². The number of nitrogens with zero attached hydrogens (tertiary/aromatic N) is 1. The Morgan fingerprint density at radius 3 is 2.70 bits per heavy atom. The first-order valence-corrected chi connectivity index (χ1v) is 7.33. The summed E-state index contributed by atoms with van der Waals surface area (Å²) in [6.07, 6.45) is 4.83. The van der Waals surface area contributed by atoms with E-state index < -0.39 is 0 Å². The molecular weight excluding hydrogens is 252 g/mol. The minimum atomic E-state index is 0.0727. The normalized spacial score (nSPS) is 18.6. The first-order chi connectivity index (χ1) is 9.70. The molecule has 0 radical (unpaired) electrons. The summed E-state index contributed by atoms with van der Waals surface area (Å²) in [5, 5.41) is 3.51. The lowest BCUT2D eigenvalue weighted by atomic mass is 10.0. The Morgan fingerprint density at radius 1 is 1.35 bits per heavy atom. The summed E-state index contributed by atoms with van der Waals surface area (Å²) in [6, 6.07) is 7.84. The lowest BCUT2D eigenvalue weighted by molar-refractivity contribution is 0.0788. The predicted octanol–water partition coefficient (Wildman–Crippen LogP) is 2.30. The highest BCUT2D eigenvalue weighted by molar-refractivity contribution is 5.94. The maximum Gasteiger partial charge on any atom is 0.253 e. The van der Waals surface area contributed by atoms with E-state index in [1.165, 1.54) is 19.3 Å². The van der Waals surface area contributed by atoms with Crippen LogP contribution in [0.1, 0.15) is 36.0 Å². The fraction of sp³-hybridized carbons (Fsp3) is 0.562. The smallest absolute Gasteiger partial charge is 0.253 e. The number of carbonyl (C=O) groups is 1. The van der Waals surface area contributed by atoms with Gasteiger partial charge < -0.3 is 15.0 Å². The van der Waals surface area contributed by atoms with Gasteiger partial charge in [-0.05, 0) is 50.1 Å². The lowest BCUT2D eigenvalue weighted by Gasteiger charge is -2.26. The quantitative estimate of drug-likeness (QED) is 0.897. The van der Waals surface area contributed by atoms with Gasteiger partial charge in [0.05, 0.1) is 7.11 Å². The second-order valence-electron chi connectivity index (χ2n) is 5.39. The van der Waals surface area contributed by atoms with Crippen molar-refractivity contribution in [2.45, 2.75) is 31.7 Å². The summed E-state index contributed by atoms with van der Waals surface area (Å²) in [5.74, 6) is 0.846. The topological polar surface area (TPSA) is 41.6 Å². The van der Waals surface area contributed by atoms with Crippen LogP contribution < -0.4 is 10.1 Å². The van der Waals surface area contributed by atoms with Crippen molar-refractivity contribution in [1.29, 1.82) is 0 Å². The first-order valence-electron chi connectivity index (χ1n) is 7.33. The molecule has 1 amide bonds. The van der Waals surface area contributed by atoms with E-state index in [2.05, 4.69) is 5.32 Å². The second-order valence-corrected chi connectivity index (χ2v) is 5.39. The predicted molar refractivity (Wildman–Crippen MR) is 80.2 cm³/mol. The average Bonchev–Trinajstić information content (AvgIpc) is 2.53. The third kappa shape index (κ3) is 3.97. The summed E-state index contributed by atoms with van der Waals surface area (Å²) in [7, 11) is 3.50. The minimum absolute atomic E-state index is 0.0727. The Labute approximate surface area is 121 Å². The SMILES string of the molecule is COc1ccc(C(=O)N(C)CCC2CCCCN2)cc1. The molecule has 1 aliphatic heterocycles. The summed E-state index contributed by atoms with van der Waals surface area (Å²) in [4.78, 5) is 14.1. The Balaban J connectivity index is 1.83. The lowest BCUT2D eigenvalue weighted by Crippen LogP contribution is -2.38. The van der Waals surface area contributed by atoms with Crippen molar-refractivity contribution in [3.8, 4) is 5.75 Å². The van der Waals surface area contributed by atoms with Gasteiger partial charge in [-0.1, -0.05) is 6.42 Å². The Kier molecular flexibility index (Phi) is 5.41. The van der Waals surface area contributed by atoms with Crippen molar-refractivity contribution < 1.29 is 9.53 Å². The molecular formula is C16H24N2O2. The molecule has 1 saturated heterocycles. The molecule has 1 fully saturated rings. The van der Waals surface area contributed by atoms with Crippen LogP contribution in [0.3, 0.4) is 0 Å². The molecule has 110 valence electrons.